The van der Waals surface area contributed by atoms with E-state index in [1.807, 2.05) is 11.4 Å². The highest BCUT2D eigenvalue weighted by Crippen LogP contribution is 2.18. The summed E-state index contributed by atoms with van der Waals surface area (Å²) in [6, 6.07) is 1.81. The van der Waals surface area contributed by atoms with E-state index < -0.39 is 10.0 Å². The number of aliphatic hydroxyl groups is 1. The van der Waals surface area contributed by atoms with Gasteiger partial charge in [-0.3, -0.25) is 0 Å². The molecule has 2 N–H and O–H groups in total. The zero-order valence-corrected chi connectivity index (χ0v) is 12.3. The van der Waals surface area contributed by atoms with Crippen LogP contribution in [0.1, 0.15) is 10.4 Å². The number of aromatic nitrogens is 2. The predicted molar refractivity (Wildman–Crippen MR) is 75.5 cm³/mol. The van der Waals surface area contributed by atoms with E-state index in [0.717, 1.165) is 10.4 Å². The number of aliphatic hydroxyl groups excluding tert-OH is 1. The van der Waals surface area contributed by atoms with Crippen molar-refractivity contribution in [1.29, 1.82) is 0 Å². The lowest BCUT2D eigenvalue weighted by Gasteiger charge is -2.14. The van der Waals surface area contributed by atoms with Gasteiger partial charge in [0.1, 0.15) is 6.61 Å². The van der Waals surface area contributed by atoms with Gasteiger partial charge in [0.15, 0.2) is 5.03 Å². The highest BCUT2D eigenvalue weighted by Gasteiger charge is 2.22. The normalized spacial score (nSPS) is 11.3. The summed E-state index contributed by atoms with van der Waals surface area (Å²) in [4.78, 5) is 7.10. The molecule has 0 aliphatic carbocycles. The molecule has 2 heterocycles. The van der Waals surface area contributed by atoms with Gasteiger partial charge in [-0.05, 0) is 17.0 Å². The summed E-state index contributed by atoms with van der Waals surface area (Å²) in [7, 11) is -2.05. The van der Waals surface area contributed by atoms with Crippen molar-refractivity contribution in [2.45, 2.75) is 11.6 Å². The van der Waals surface area contributed by atoms with E-state index in [0.29, 0.717) is 0 Å². The molecule has 0 amide bonds. The summed E-state index contributed by atoms with van der Waals surface area (Å²) in [6.45, 7) is 0.0556. The van der Waals surface area contributed by atoms with E-state index in [1.54, 1.807) is 0 Å². The van der Waals surface area contributed by atoms with E-state index >= 15 is 0 Å². The lowest BCUT2D eigenvalue weighted by atomic mass is 10.3. The van der Waals surface area contributed by atoms with Crippen LogP contribution in [0.5, 0.6) is 0 Å². The number of nitrogens with zero attached hydrogens (tertiary/aromatic N) is 2. The van der Waals surface area contributed by atoms with Crippen LogP contribution in [0.2, 0.25) is 0 Å². The van der Waals surface area contributed by atoms with Crippen LogP contribution in [0, 0.1) is 11.8 Å². The summed E-state index contributed by atoms with van der Waals surface area (Å²) < 4.78 is 25.6. The molecule has 0 aliphatic rings. The largest absolute Gasteiger partial charge is 0.384 e. The molecule has 0 saturated heterocycles. The lowest BCUT2D eigenvalue weighted by Crippen LogP contribution is -2.26. The van der Waals surface area contributed by atoms with Gasteiger partial charge in [0.05, 0.1) is 17.4 Å². The van der Waals surface area contributed by atoms with Crippen LogP contribution in [-0.2, 0) is 16.6 Å². The van der Waals surface area contributed by atoms with Crippen molar-refractivity contribution < 1.29 is 13.5 Å². The lowest BCUT2D eigenvalue weighted by molar-refractivity contribution is 0.350. The Hall–Kier alpha value is -1.66. The summed E-state index contributed by atoms with van der Waals surface area (Å²) in [5.74, 6) is 5.34. The van der Waals surface area contributed by atoms with Crippen molar-refractivity contribution in [3.63, 3.8) is 0 Å². The molecule has 0 spiro atoms. The molecular weight excluding hydrogens is 298 g/mol. The van der Waals surface area contributed by atoms with Crippen LogP contribution in [0.15, 0.2) is 29.0 Å². The Bertz CT molecular complexity index is 724. The number of thiophene rings is 1. The average molecular weight is 311 g/mol. The van der Waals surface area contributed by atoms with Gasteiger partial charge >= 0.3 is 0 Å². The predicted octanol–water partition coefficient (Wildman–Crippen LogP) is 0.636. The number of nitrogens with one attached hydrogen (secondary N) is 1. The number of imidazole rings is 1. The molecule has 2 rings (SSSR count). The van der Waals surface area contributed by atoms with Crippen LogP contribution >= 0.6 is 11.3 Å². The van der Waals surface area contributed by atoms with Gasteiger partial charge in [-0.1, -0.05) is 11.8 Å². The molecule has 0 bridgehead atoms. The number of H-pyrrole nitrogens is 1. The minimum atomic E-state index is -3.56. The molecule has 6 nitrogen and oxygen atoms in total. The van der Waals surface area contributed by atoms with Crippen LogP contribution in [0.3, 0.4) is 0 Å². The van der Waals surface area contributed by atoms with Crippen LogP contribution in [-0.4, -0.2) is 41.5 Å². The standard InChI is InChI=1S/C12H13N3O3S2/c1-15(20(17,18)12-6-13-9-14-12)7-10-5-11(19-8-10)3-2-4-16/h5-6,8-9,16H,4,7H2,1H3,(H,13,14). The molecular formula is C12H13N3O3S2. The fourth-order valence-electron chi connectivity index (χ4n) is 1.54. The minimum absolute atomic E-state index is 0.0653. The van der Waals surface area contributed by atoms with Crippen LogP contribution in [0.25, 0.3) is 0 Å². The molecule has 2 aromatic heterocycles. The molecule has 8 heteroatoms. The average Bonchev–Trinajstić information content (AvgIpc) is 3.07. The van der Waals surface area contributed by atoms with Gasteiger partial charge in [0, 0.05) is 13.6 Å². The number of sulfonamides is 1. The first-order chi connectivity index (χ1) is 9.54. The second kappa shape index (κ2) is 6.19. The molecule has 2 aromatic rings. The Morgan fingerprint density at radius 2 is 2.35 bits per heavy atom. The minimum Gasteiger partial charge on any atom is -0.384 e. The maximum absolute atomic E-state index is 12.2. The Morgan fingerprint density at radius 1 is 1.55 bits per heavy atom. The molecule has 0 aliphatic heterocycles. The van der Waals surface area contributed by atoms with Crippen molar-refractivity contribution >= 4 is 21.4 Å². The summed E-state index contributed by atoms with van der Waals surface area (Å²) in [6.07, 6.45) is 2.60. The van der Waals surface area contributed by atoms with Crippen LogP contribution < -0.4 is 0 Å². The van der Waals surface area contributed by atoms with E-state index in [4.69, 9.17) is 5.11 Å². The number of hydrogen-bond donors (Lipinski definition) is 2. The van der Waals surface area contributed by atoms with Gasteiger partial charge in [-0.15, -0.1) is 11.3 Å². The molecule has 0 fully saturated rings. The summed E-state index contributed by atoms with van der Waals surface area (Å²) >= 11 is 1.41. The summed E-state index contributed by atoms with van der Waals surface area (Å²) in [5.41, 5.74) is 0.850. The molecule has 0 aromatic carbocycles. The SMILES string of the molecule is CN(Cc1csc(C#CCO)c1)S(=O)(=O)c1cnc[nH]1. The smallest absolute Gasteiger partial charge is 0.260 e. The molecule has 0 atom stereocenters. The van der Waals surface area contributed by atoms with Crippen molar-refractivity contribution in [2.75, 3.05) is 13.7 Å². The maximum Gasteiger partial charge on any atom is 0.260 e. The highest BCUT2D eigenvalue weighted by molar-refractivity contribution is 7.89. The third-order valence-corrected chi connectivity index (χ3v) is 5.13. The molecule has 0 saturated carbocycles. The molecule has 20 heavy (non-hydrogen) atoms. The first-order valence-electron chi connectivity index (χ1n) is 5.66. The van der Waals surface area contributed by atoms with Crippen molar-refractivity contribution in [2.24, 2.45) is 0 Å². The van der Waals surface area contributed by atoms with Crippen LogP contribution in [0.4, 0.5) is 0 Å². The molecule has 0 radical (unpaired) electrons. The fourth-order valence-corrected chi connectivity index (χ4v) is 3.37. The topological polar surface area (TPSA) is 86.3 Å². The monoisotopic (exact) mass is 311 g/mol. The second-order valence-electron chi connectivity index (χ2n) is 3.96. The zero-order valence-electron chi connectivity index (χ0n) is 10.7. The fraction of sp³-hybridized carbons (Fsp3) is 0.250. The quantitative estimate of drug-likeness (QED) is 0.811. The van der Waals surface area contributed by atoms with E-state index in [9.17, 15) is 8.42 Å². The van der Waals surface area contributed by atoms with E-state index in [-0.39, 0.29) is 18.2 Å². The zero-order chi connectivity index (χ0) is 14.6. The van der Waals surface area contributed by atoms with Crippen molar-refractivity contribution in [1.82, 2.24) is 14.3 Å². The number of rotatable bonds is 4. The molecule has 106 valence electrons. The van der Waals surface area contributed by atoms with Gasteiger partial charge in [0.2, 0.25) is 0 Å². The Labute approximate surface area is 121 Å². The van der Waals surface area contributed by atoms with E-state index in [2.05, 4.69) is 21.8 Å². The van der Waals surface area contributed by atoms with Gasteiger partial charge in [-0.2, -0.15) is 4.31 Å². The molecule has 0 unspecified atom stereocenters. The van der Waals surface area contributed by atoms with Crippen molar-refractivity contribution in [3.05, 3.63) is 34.4 Å². The summed E-state index contributed by atoms with van der Waals surface area (Å²) in [5, 5.41) is 10.5. The maximum atomic E-state index is 12.2. The highest BCUT2D eigenvalue weighted by atomic mass is 32.2. The van der Waals surface area contributed by atoms with Gasteiger partial charge < -0.3 is 10.1 Å². The third-order valence-electron chi connectivity index (χ3n) is 2.51. The Kier molecular flexibility index (Phi) is 4.57. The third kappa shape index (κ3) is 3.26. The first-order valence-corrected chi connectivity index (χ1v) is 7.98. The van der Waals surface area contributed by atoms with Gasteiger partial charge in [-0.25, -0.2) is 13.4 Å². The van der Waals surface area contributed by atoms with E-state index in [1.165, 1.54) is 35.2 Å². The second-order valence-corrected chi connectivity index (χ2v) is 6.88. The number of hydrogen-bond acceptors (Lipinski definition) is 5. The Morgan fingerprint density at radius 3 is 3.00 bits per heavy atom. The van der Waals surface area contributed by atoms with Crippen molar-refractivity contribution in [3.8, 4) is 11.8 Å². The van der Waals surface area contributed by atoms with Gasteiger partial charge in [0.25, 0.3) is 10.0 Å². The number of aromatic amines is 1. The Balaban J connectivity index is 2.12. The first kappa shape index (κ1) is 14.7.